The van der Waals surface area contributed by atoms with E-state index in [2.05, 4.69) is 0 Å². The number of nitrogen functional groups attached to an aromatic ring is 1. The van der Waals surface area contributed by atoms with Crippen molar-refractivity contribution >= 4 is 17.3 Å². The largest absolute Gasteiger partial charge is 0.467 e. The summed E-state index contributed by atoms with van der Waals surface area (Å²) < 4.78 is 5.40. The second kappa shape index (κ2) is 7.22. The Hall–Kier alpha value is -2.43. The quantitative estimate of drug-likeness (QED) is 0.832. The lowest BCUT2D eigenvalue weighted by Gasteiger charge is -2.26. The zero-order valence-electron chi connectivity index (χ0n) is 14.2. The van der Waals surface area contributed by atoms with Crippen LogP contribution >= 0.6 is 0 Å². The van der Waals surface area contributed by atoms with Crippen molar-refractivity contribution in [3.8, 4) is 0 Å². The molecule has 0 saturated heterocycles. The van der Waals surface area contributed by atoms with Crippen LogP contribution in [0.2, 0.25) is 0 Å². The molecule has 5 heteroatoms. The lowest BCUT2D eigenvalue weighted by Crippen LogP contribution is -2.33. The van der Waals surface area contributed by atoms with E-state index in [1.54, 1.807) is 6.26 Å². The van der Waals surface area contributed by atoms with Crippen molar-refractivity contribution in [3.05, 3.63) is 47.9 Å². The van der Waals surface area contributed by atoms with Gasteiger partial charge in [0.25, 0.3) is 0 Å². The molecule has 1 amide bonds. The van der Waals surface area contributed by atoms with Crippen LogP contribution in [0, 0.1) is 5.92 Å². The van der Waals surface area contributed by atoms with Crippen molar-refractivity contribution in [1.82, 2.24) is 4.90 Å². The van der Waals surface area contributed by atoms with Gasteiger partial charge in [-0.3, -0.25) is 4.79 Å². The molecule has 0 atom stereocenters. The summed E-state index contributed by atoms with van der Waals surface area (Å²) >= 11 is 0. The lowest BCUT2D eigenvalue weighted by molar-refractivity contribution is -0.136. The van der Waals surface area contributed by atoms with E-state index in [0.717, 1.165) is 17.0 Å². The van der Waals surface area contributed by atoms with Crippen LogP contribution in [-0.2, 0) is 17.9 Å². The van der Waals surface area contributed by atoms with Gasteiger partial charge in [0.05, 0.1) is 12.8 Å². The highest BCUT2D eigenvalue weighted by Crippen LogP contribution is 2.24. The van der Waals surface area contributed by atoms with E-state index in [9.17, 15) is 4.79 Å². The number of furan rings is 1. The summed E-state index contributed by atoms with van der Waals surface area (Å²) in [4.78, 5) is 16.4. The fraction of sp³-hybridized carbons (Fsp3) is 0.389. The molecular formula is C18H25N3O2. The molecule has 0 saturated carbocycles. The van der Waals surface area contributed by atoms with Gasteiger partial charge in [-0.2, -0.15) is 0 Å². The summed E-state index contributed by atoms with van der Waals surface area (Å²) in [5.41, 5.74) is 8.71. The van der Waals surface area contributed by atoms with E-state index < -0.39 is 0 Å². The molecule has 0 unspecified atom stereocenters. The minimum Gasteiger partial charge on any atom is -0.467 e. The molecule has 5 nitrogen and oxygen atoms in total. The number of benzene rings is 1. The molecule has 0 bridgehead atoms. The molecule has 0 aliphatic heterocycles. The monoisotopic (exact) mass is 315 g/mol. The zero-order chi connectivity index (χ0) is 17.0. The average Bonchev–Trinajstić information content (AvgIpc) is 2.98. The van der Waals surface area contributed by atoms with Crippen LogP contribution in [-0.4, -0.2) is 24.9 Å². The summed E-state index contributed by atoms with van der Waals surface area (Å²) in [7, 11) is 3.96. The number of carbonyl (C=O) groups excluding carboxylic acids is 1. The first-order chi connectivity index (χ1) is 10.9. The Balaban J connectivity index is 2.30. The number of carbonyl (C=O) groups is 1. The van der Waals surface area contributed by atoms with Crippen LogP contribution < -0.4 is 10.6 Å². The predicted molar refractivity (Wildman–Crippen MR) is 93.0 cm³/mol. The van der Waals surface area contributed by atoms with Crippen molar-refractivity contribution in [1.29, 1.82) is 0 Å². The van der Waals surface area contributed by atoms with Crippen LogP contribution in [0.1, 0.15) is 25.2 Å². The maximum absolute atomic E-state index is 12.6. The minimum absolute atomic E-state index is 0.0752. The third-order valence-corrected chi connectivity index (χ3v) is 3.68. The molecule has 1 heterocycles. The van der Waals surface area contributed by atoms with Crippen molar-refractivity contribution < 1.29 is 9.21 Å². The lowest BCUT2D eigenvalue weighted by atomic mass is 10.1. The number of hydrogen-bond acceptors (Lipinski definition) is 4. The molecular weight excluding hydrogens is 290 g/mol. The van der Waals surface area contributed by atoms with Crippen LogP contribution in [0.15, 0.2) is 41.0 Å². The van der Waals surface area contributed by atoms with E-state index >= 15 is 0 Å². The Labute approximate surface area is 137 Å². The van der Waals surface area contributed by atoms with Gasteiger partial charge in [0.2, 0.25) is 5.91 Å². The van der Waals surface area contributed by atoms with E-state index in [4.69, 9.17) is 10.2 Å². The van der Waals surface area contributed by atoms with E-state index in [0.29, 0.717) is 18.8 Å². The summed E-state index contributed by atoms with van der Waals surface area (Å²) in [5, 5.41) is 0. The number of amides is 1. The number of nitrogens with two attached hydrogens (primary N) is 1. The first-order valence-corrected chi connectivity index (χ1v) is 7.75. The molecule has 0 aliphatic rings. The zero-order valence-corrected chi connectivity index (χ0v) is 14.2. The molecule has 23 heavy (non-hydrogen) atoms. The Kier molecular flexibility index (Phi) is 5.32. The fourth-order valence-corrected chi connectivity index (χ4v) is 2.54. The van der Waals surface area contributed by atoms with Gasteiger partial charge in [-0.15, -0.1) is 0 Å². The molecule has 0 aliphatic carbocycles. The van der Waals surface area contributed by atoms with Gasteiger partial charge in [-0.25, -0.2) is 0 Å². The van der Waals surface area contributed by atoms with E-state index in [1.807, 2.05) is 68.1 Å². The topological polar surface area (TPSA) is 62.7 Å². The van der Waals surface area contributed by atoms with Crippen LogP contribution in [0.4, 0.5) is 11.4 Å². The van der Waals surface area contributed by atoms with E-state index in [1.165, 1.54) is 0 Å². The molecule has 0 radical (unpaired) electrons. The van der Waals surface area contributed by atoms with Crippen LogP contribution in [0.3, 0.4) is 0 Å². The normalized spacial score (nSPS) is 10.8. The standard InChI is InChI=1S/C18H25N3O2/c1-13(2)18(22)21(12-16-6-5-9-23-16)11-14-10-15(19)7-8-17(14)20(3)4/h5-10,13H,11-12,19H2,1-4H3. The first kappa shape index (κ1) is 16.9. The fourth-order valence-electron chi connectivity index (χ4n) is 2.54. The molecule has 2 rings (SSSR count). The molecule has 0 spiro atoms. The predicted octanol–water partition coefficient (Wildman–Crippen LogP) is 3.11. The van der Waals surface area contributed by atoms with Gasteiger partial charge < -0.3 is 20.0 Å². The highest BCUT2D eigenvalue weighted by Gasteiger charge is 2.20. The molecule has 0 fully saturated rings. The highest BCUT2D eigenvalue weighted by molar-refractivity contribution is 5.78. The average molecular weight is 315 g/mol. The van der Waals surface area contributed by atoms with Gasteiger partial charge in [-0.1, -0.05) is 13.8 Å². The third-order valence-electron chi connectivity index (χ3n) is 3.68. The number of anilines is 2. The highest BCUT2D eigenvalue weighted by atomic mass is 16.3. The Morgan fingerprint density at radius 2 is 1.96 bits per heavy atom. The van der Waals surface area contributed by atoms with Crippen molar-refractivity contribution in [2.24, 2.45) is 5.92 Å². The summed E-state index contributed by atoms with van der Waals surface area (Å²) in [6.45, 7) is 4.76. The molecule has 124 valence electrons. The van der Waals surface area contributed by atoms with Crippen LogP contribution in [0.25, 0.3) is 0 Å². The number of rotatable bonds is 6. The van der Waals surface area contributed by atoms with Crippen molar-refractivity contribution in [2.75, 3.05) is 24.7 Å². The van der Waals surface area contributed by atoms with Gasteiger partial charge in [0.15, 0.2) is 0 Å². The van der Waals surface area contributed by atoms with Crippen LogP contribution in [0.5, 0.6) is 0 Å². The Morgan fingerprint density at radius 3 is 2.52 bits per heavy atom. The van der Waals surface area contributed by atoms with Crippen molar-refractivity contribution in [2.45, 2.75) is 26.9 Å². The molecule has 1 aromatic carbocycles. The molecule has 2 N–H and O–H groups in total. The van der Waals surface area contributed by atoms with Gasteiger partial charge in [0.1, 0.15) is 5.76 Å². The van der Waals surface area contributed by atoms with E-state index in [-0.39, 0.29) is 11.8 Å². The summed E-state index contributed by atoms with van der Waals surface area (Å²) in [6, 6.07) is 9.50. The minimum atomic E-state index is -0.0752. The Morgan fingerprint density at radius 1 is 1.22 bits per heavy atom. The Bertz CT molecular complexity index is 648. The second-order valence-electron chi connectivity index (χ2n) is 6.21. The van der Waals surface area contributed by atoms with Gasteiger partial charge >= 0.3 is 0 Å². The SMILES string of the molecule is CC(C)C(=O)N(Cc1ccco1)Cc1cc(N)ccc1N(C)C. The maximum atomic E-state index is 12.6. The maximum Gasteiger partial charge on any atom is 0.225 e. The van der Waals surface area contributed by atoms with Crippen molar-refractivity contribution in [3.63, 3.8) is 0 Å². The smallest absolute Gasteiger partial charge is 0.225 e. The molecule has 2 aromatic rings. The molecule has 1 aromatic heterocycles. The third kappa shape index (κ3) is 4.28. The second-order valence-corrected chi connectivity index (χ2v) is 6.21. The first-order valence-electron chi connectivity index (χ1n) is 7.75. The summed E-state index contributed by atoms with van der Waals surface area (Å²) in [6.07, 6.45) is 1.62. The van der Waals surface area contributed by atoms with Gasteiger partial charge in [0, 0.05) is 37.9 Å². The van der Waals surface area contributed by atoms with Gasteiger partial charge in [-0.05, 0) is 35.9 Å². The summed E-state index contributed by atoms with van der Waals surface area (Å²) in [5.74, 6) is 0.789. The number of hydrogen-bond donors (Lipinski definition) is 1. The number of nitrogens with zero attached hydrogens (tertiary/aromatic N) is 2.